The molecule has 0 aliphatic heterocycles. The summed E-state index contributed by atoms with van der Waals surface area (Å²) in [4.78, 5) is 27.6. The van der Waals surface area contributed by atoms with E-state index in [9.17, 15) is 4.79 Å². The number of aryl methyl sites for hydroxylation is 1. The van der Waals surface area contributed by atoms with Crippen LogP contribution in [0.1, 0.15) is 0 Å². The molecule has 7 rings (SSSR count). The first-order valence-electron chi connectivity index (χ1n) is 13.4. The molecule has 0 N–H and O–H groups in total. The molecule has 196 valence electrons. The predicted molar refractivity (Wildman–Crippen MR) is 164 cm³/mol. The molecule has 0 spiro atoms. The fourth-order valence-corrected chi connectivity index (χ4v) is 5.10. The quantitative estimate of drug-likeness (QED) is 0.236. The van der Waals surface area contributed by atoms with E-state index in [0.29, 0.717) is 17.5 Å². The van der Waals surface area contributed by atoms with Crippen LogP contribution in [0.3, 0.4) is 0 Å². The molecule has 6 heteroatoms. The fourth-order valence-electron chi connectivity index (χ4n) is 5.10. The van der Waals surface area contributed by atoms with Crippen molar-refractivity contribution < 1.29 is 0 Å². The van der Waals surface area contributed by atoms with E-state index in [0.717, 1.165) is 44.5 Å². The van der Waals surface area contributed by atoms with Gasteiger partial charge in [-0.05, 0) is 35.4 Å². The van der Waals surface area contributed by atoms with E-state index < -0.39 is 0 Å². The SMILES string of the molecule is Cn1c(=O)n(-c2ccccc2)c2cc(-c3ccc(-c4nc(-c5ccccc5)nc(-c5ccccc5)n4)cc3)ccc21. The van der Waals surface area contributed by atoms with Gasteiger partial charge in [-0.1, -0.05) is 109 Å². The second-order valence-electron chi connectivity index (χ2n) is 9.83. The molecule has 0 unspecified atom stereocenters. The molecule has 0 aliphatic rings. The van der Waals surface area contributed by atoms with Gasteiger partial charge in [0.25, 0.3) is 0 Å². The Morgan fingerprint density at radius 2 is 0.902 bits per heavy atom. The number of para-hydroxylation sites is 1. The highest BCUT2D eigenvalue weighted by molar-refractivity contribution is 5.84. The standard InChI is InChI=1S/C35H25N5O/c1-39-30-22-21-28(23-31(30)40(35(39)41)29-15-9-4-10-16-29)24-17-19-27(20-18-24)34-37-32(25-11-5-2-6-12-25)36-33(38-34)26-13-7-3-8-14-26/h2-23H,1H3. The Bertz CT molecular complexity index is 1990. The van der Waals surface area contributed by atoms with E-state index in [4.69, 9.17) is 15.0 Å². The zero-order valence-corrected chi connectivity index (χ0v) is 22.3. The third kappa shape index (κ3) is 4.51. The summed E-state index contributed by atoms with van der Waals surface area (Å²) in [5.74, 6) is 1.87. The largest absolute Gasteiger partial charge is 0.333 e. The summed E-state index contributed by atoms with van der Waals surface area (Å²) >= 11 is 0. The highest BCUT2D eigenvalue weighted by atomic mass is 16.1. The molecule has 0 saturated carbocycles. The van der Waals surface area contributed by atoms with Crippen molar-refractivity contribution in [3.63, 3.8) is 0 Å². The third-order valence-corrected chi connectivity index (χ3v) is 7.25. The highest BCUT2D eigenvalue weighted by Crippen LogP contribution is 2.29. The van der Waals surface area contributed by atoms with Gasteiger partial charge in [0.15, 0.2) is 17.5 Å². The molecule has 0 amide bonds. The zero-order valence-electron chi connectivity index (χ0n) is 22.3. The fraction of sp³-hybridized carbons (Fsp3) is 0.0286. The van der Waals surface area contributed by atoms with Crippen molar-refractivity contribution in [3.8, 4) is 51.0 Å². The Hall–Kier alpha value is -5.62. The minimum Gasteiger partial charge on any atom is -0.295 e. The van der Waals surface area contributed by atoms with Crippen LogP contribution in [-0.2, 0) is 7.05 Å². The monoisotopic (exact) mass is 531 g/mol. The summed E-state index contributed by atoms with van der Waals surface area (Å²) in [5.41, 5.74) is 7.33. The summed E-state index contributed by atoms with van der Waals surface area (Å²) in [6.45, 7) is 0. The molecule has 5 aromatic carbocycles. The molecule has 0 saturated heterocycles. The van der Waals surface area contributed by atoms with Gasteiger partial charge in [-0.2, -0.15) is 0 Å². The lowest BCUT2D eigenvalue weighted by atomic mass is 10.0. The van der Waals surface area contributed by atoms with Crippen LogP contribution >= 0.6 is 0 Å². The van der Waals surface area contributed by atoms with Gasteiger partial charge in [-0.3, -0.25) is 9.13 Å². The van der Waals surface area contributed by atoms with Crippen molar-refractivity contribution in [1.29, 1.82) is 0 Å². The molecule has 7 aromatic rings. The Kier molecular flexibility index (Phi) is 6.06. The topological polar surface area (TPSA) is 65.6 Å². The first-order chi connectivity index (χ1) is 20.2. The summed E-state index contributed by atoms with van der Waals surface area (Å²) in [5, 5.41) is 0. The molecule has 6 nitrogen and oxygen atoms in total. The summed E-state index contributed by atoms with van der Waals surface area (Å²) < 4.78 is 3.44. The van der Waals surface area contributed by atoms with Gasteiger partial charge in [0.2, 0.25) is 0 Å². The predicted octanol–water partition coefficient (Wildman–Crippen LogP) is 7.18. The van der Waals surface area contributed by atoms with Crippen LogP contribution in [-0.4, -0.2) is 24.1 Å². The molecule has 0 aliphatic carbocycles. The first kappa shape index (κ1) is 24.4. The molecule has 0 bridgehead atoms. The number of fused-ring (bicyclic) bond motifs is 1. The number of benzene rings is 5. The van der Waals surface area contributed by atoms with Gasteiger partial charge in [0, 0.05) is 23.7 Å². The van der Waals surface area contributed by atoms with E-state index in [-0.39, 0.29) is 5.69 Å². The van der Waals surface area contributed by atoms with Gasteiger partial charge in [0.1, 0.15) is 0 Å². The maximum absolute atomic E-state index is 13.1. The van der Waals surface area contributed by atoms with E-state index >= 15 is 0 Å². The van der Waals surface area contributed by atoms with Crippen LogP contribution in [0.15, 0.2) is 138 Å². The number of rotatable bonds is 5. The summed E-state index contributed by atoms with van der Waals surface area (Å²) in [7, 11) is 1.81. The van der Waals surface area contributed by atoms with Gasteiger partial charge in [-0.25, -0.2) is 19.7 Å². The number of nitrogens with zero attached hydrogens (tertiary/aromatic N) is 5. The molecular formula is C35H25N5O. The normalized spacial score (nSPS) is 11.1. The maximum Gasteiger partial charge on any atom is 0.333 e. The van der Waals surface area contributed by atoms with E-state index in [1.807, 2.05) is 109 Å². The van der Waals surface area contributed by atoms with E-state index in [2.05, 4.69) is 24.3 Å². The van der Waals surface area contributed by atoms with E-state index in [1.165, 1.54) is 0 Å². The zero-order chi connectivity index (χ0) is 27.8. The Morgan fingerprint density at radius 3 is 1.44 bits per heavy atom. The number of imidazole rings is 1. The highest BCUT2D eigenvalue weighted by Gasteiger charge is 2.15. The lowest BCUT2D eigenvalue weighted by Gasteiger charge is -2.09. The molecular weight excluding hydrogens is 506 g/mol. The van der Waals surface area contributed by atoms with Crippen molar-refractivity contribution in [1.82, 2.24) is 24.1 Å². The first-order valence-corrected chi connectivity index (χ1v) is 13.4. The molecule has 0 fully saturated rings. The lowest BCUT2D eigenvalue weighted by molar-refractivity contribution is 0.846. The molecule has 2 heterocycles. The van der Waals surface area contributed by atoms with E-state index in [1.54, 1.807) is 16.2 Å². The van der Waals surface area contributed by atoms with Gasteiger partial charge < -0.3 is 0 Å². The Balaban J connectivity index is 1.30. The van der Waals surface area contributed by atoms with Crippen LogP contribution < -0.4 is 5.69 Å². The van der Waals surface area contributed by atoms with Crippen molar-refractivity contribution in [2.75, 3.05) is 0 Å². The minimum absolute atomic E-state index is 0.0722. The molecule has 0 radical (unpaired) electrons. The smallest absolute Gasteiger partial charge is 0.295 e. The van der Waals surface area contributed by atoms with Crippen molar-refractivity contribution in [3.05, 3.63) is 144 Å². The lowest BCUT2D eigenvalue weighted by Crippen LogP contribution is -2.20. The third-order valence-electron chi connectivity index (χ3n) is 7.25. The number of hydrogen-bond acceptors (Lipinski definition) is 4. The number of aromatic nitrogens is 5. The average Bonchev–Trinajstić information content (AvgIpc) is 3.30. The van der Waals surface area contributed by atoms with Crippen molar-refractivity contribution in [2.45, 2.75) is 0 Å². The van der Waals surface area contributed by atoms with Crippen molar-refractivity contribution in [2.24, 2.45) is 7.05 Å². The van der Waals surface area contributed by atoms with Gasteiger partial charge >= 0.3 is 5.69 Å². The average molecular weight is 532 g/mol. The second-order valence-corrected chi connectivity index (χ2v) is 9.83. The second kappa shape index (κ2) is 10.2. The minimum atomic E-state index is -0.0722. The van der Waals surface area contributed by atoms with Crippen LogP contribution in [0.5, 0.6) is 0 Å². The van der Waals surface area contributed by atoms with Crippen LogP contribution in [0.25, 0.3) is 62.0 Å². The Morgan fingerprint density at radius 1 is 0.463 bits per heavy atom. The van der Waals surface area contributed by atoms with Crippen LogP contribution in [0, 0.1) is 0 Å². The Labute approximate surface area is 236 Å². The molecule has 2 aromatic heterocycles. The molecule has 0 atom stereocenters. The van der Waals surface area contributed by atoms with Gasteiger partial charge in [-0.15, -0.1) is 0 Å². The maximum atomic E-state index is 13.1. The summed E-state index contributed by atoms with van der Waals surface area (Å²) in [6.07, 6.45) is 0. The van der Waals surface area contributed by atoms with Crippen LogP contribution in [0.2, 0.25) is 0 Å². The van der Waals surface area contributed by atoms with Crippen molar-refractivity contribution >= 4 is 11.0 Å². The summed E-state index contributed by atoms with van der Waals surface area (Å²) in [6, 6.07) is 44.0. The molecule has 41 heavy (non-hydrogen) atoms. The number of hydrogen-bond donors (Lipinski definition) is 0. The van der Waals surface area contributed by atoms with Gasteiger partial charge in [0.05, 0.1) is 16.7 Å². The van der Waals surface area contributed by atoms with Crippen LogP contribution in [0.4, 0.5) is 0 Å².